The summed E-state index contributed by atoms with van der Waals surface area (Å²) in [5, 5.41) is 0. The number of nitrogens with zero attached hydrogens (tertiary/aromatic N) is 1. The summed E-state index contributed by atoms with van der Waals surface area (Å²) in [7, 11) is 0. The normalized spacial score (nSPS) is 22.7. The van der Waals surface area contributed by atoms with Crippen molar-refractivity contribution in [1.82, 2.24) is 0 Å². The molecule has 23 heavy (non-hydrogen) atoms. The topological polar surface area (TPSA) is 64.8 Å². The average molecular weight is 375 g/mol. The lowest BCUT2D eigenvalue weighted by atomic mass is 9.88. The van der Waals surface area contributed by atoms with Crippen LogP contribution in [0.4, 0.5) is 5.69 Å². The molecule has 0 radical (unpaired) electrons. The summed E-state index contributed by atoms with van der Waals surface area (Å²) < 4.78 is 12.1. The van der Waals surface area contributed by atoms with Gasteiger partial charge in [0.05, 0.1) is 6.04 Å². The molecule has 2 aromatic carbocycles. The lowest BCUT2D eigenvalue weighted by Gasteiger charge is -2.45. The van der Waals surface area contributed by atoms with Gasteiger partial charge in [-0.25, -0.2) is 0 Å². The first-order valence-corrected chi connectivity index (χ1v) is 8.18. The molecule has 0 saturated carbocycles. The predicted octanol–water partition coefficient (Wildman–Crippen LogP) is 2.64. The van der Waals surface area contributed by atoms with Gasteiger partial charge in [-0.05, 0) is 29.8 Å². The number of hydrogen-bond donors (Lipinski definition) is 1. The Labute approximate surface area is 142 Å². The summed E-state index contributed by atoms with van der Waals surface area (Å²) in [6, 6.07) is 12.7. The molecule has 0 bridgehead atoms. The molecule has 5 nitrogen and oxygen atoms in total. The molecular weight excluding hydrogens is 360 g/mol. The molecule has 2 aromatic rings. The van der Waals surface area contributed by atoms with E-state index in [-0.39, 0.29) is 11.9 Å². The SMILES string of the molecule is N[C@H]1C(=O)N(c2ccc3c(c2)OCCO3)[C@@H]1c1ccc(Br)cc1. The first kappa shape index (κ1) is 14.5. The Morgan fingerprint density at radius 2 is 1.74 bits per heavy atom. The molecule has 1 fully saturated rings. The maximum Gasteiger partial charge on any atom is 0.247 e. The number of fused-ring (bicyclic) bond motifs is 1. The summed E-state index contributed by atoms with van der Waals surface area (Å²) >= 11 is 3.42. The average Bonchev–Trinajstić information content (AvgIpc) is 2.59. The lowest BCUT2D eigenvalue weighted by molar-refractivity contribution is -0.126. The Morgan fingerprint density at radius 3 is 2.48 bits per heavy atom. The third-order valence-corrected chi connectivity index (χ3v) is 4.69. The number of β-lactam (4-membered cyclic amide) rings is 1. The zero-order chi connectivity index (χ0) is 16.0. The summed E-state index contributed by atoms with van der Waals surface area (Å²) in [5.74, 6) is 1.28. The molecule has 0 aromatic heterocycles. The molecular formula is C17H15BrN2O3. The van der Waals surface area contributed by atoms with E-state index in [2.05, 4.69) is 15.9 Å². The number of carbonyl (C=O) groups is 1. The molecule has 4 rings (SSSR count). The van der Waals surface area contributed by atoms with Gasteiger partial charge in [-0.3, -0.25) is 4.79 Å². The highest BCUT2D eigenvalue weighted by Gasteiger charge is 2.46. The van der Waals surface area contributed by atoms with Gasteiger partial charge in [0.25, 0.3) is 0 Å². The standard InChI is InChI=1S/C17H15BrN2O3/c18-11-3-1-10(2-4-11)16-15(19)17(21)20(16)12-5-6-13-14(9-12)23-8-7-22-13/h1-6,9,15-16H,7-8,19H2/t15-,16-/m1/s1. The Balaban J connectivity index is 1.69. The zero-order valence-corrected chi connectivity index (χ0v) is 13.8. The maximum absolute atomic E-state index is 12.3. The fourth-order valence-electron chi connectivity index (χ4n) is 3.00. The largest absolute Gasteiger partial charge is 0.486 e. The number of ether oxygens (including phenoxy) is 2. The van der Waals surface area contributed by atoms with Crippen LogP contribution in [0.15, 0.2) is 46.9 Å². The molecule has 2 N–H and O–H groups in total. The van der Waals surface area contributed by atoms with Gasteiger partial charge < -0.3 is 20.1 Å². The number of anilines is 1. The van der Waals surface area contributed by atoms with Crippen molar-refractivity contribution in [3.63, 3.8) is 0 Å². The summed E-state index contributed by atoms with van der Waals surface area (Å²) in [6.07, 6.45) is 0. The summed E-state index contributed by atoms with van der Waals surface area (Å²) in [5.41, 5.74) is 7.82. The number of benzene rings is 2. The fraction of sp³-hybridized carbons (Fsp3) is 0.235. The molecule has 2 aliphatic heterocycles. The second-order valence-corrected chi connectivity index (χ2v) is 6.47. The van der Waals surface area contributed by atoms with E-state index in [0.29, 0.717) is 24.7 Å². The minimum atomic E-state index is -0.524. The smallest absolute Gasteiger partial charge is 0.247 e. The van der Waals surface area contributed by atoms with Gasteiger partial charge in [-0.15, -0.1) is 0 Å². The number of halogens is 1. The molecule has 2 atom stereocenters. The molecule has 0 aliphatic carbocycles. The van der Waals surface area contributed by atoms with Crippen LogP contribution >= 0.6 is 15.9 Å². The van der Waals surface area contributed by atoms with Crippen LogP contribution in [0.5, 0.6) is 11.5 Å². The van der Waals surface area contributed by atoms with E-state index in [1.54, 1.807) is 4.90 Å². The van der Waals surface area contributed by atoms with Crippen LogP contribution in [0.25, 0.3) is 0 Å². The number of nitrogens with two attached hydrogens (primary N) is 1. The van der Waals surface area contributed by atoms with Crippen molar-refractivity contribution in [2.75, 3.05) is 18.1 Å². The highest BCUT2D eigenvalue weighted by atomic mass is 79.9. The molecule has 2 aliphatic rings. The van der Waals surface area contributed by atoms with Gasteiger partial charge in [0.1, 0.15) is 19.3 Å². The minimum Gasteiger partial charge on any atom is -0.486 e. The second-order valence-electron chi connectivity index (χ2n) is 5.56. The fourth-order valence-corrected chi connectivity index (χ4v) is 3.26. The van der Waals surface area contributed by atoms with Crippen LogP contribution in [-0.2, 0) is 4.79 Å². The van der Waals surface area contributed by atoms with Crippen LogP contribution in [0.3, 0.4) is 0 Å². The lowest BCUT2D eigenvalue weighted by Crippen LogP contribution is -2.63. The summed E-state index contributed by atoms with van der Waals surface area (Å²) in [4.78, 5) is 14.0. The van der Waals surface area contributed by atoms with Crippen LogP contribution in [-0.4, -0.2) is 25.2 Å². The van der Waals surface area contributed by atoms with Crippen molar-refractivity contribution < 1.29 is 14.3 Å². The maximum atomic E-state index is 12.3. The Hall–Kier alpha value is -2.05. The number of hydrogen-bond acceptors (Lipinski definition) is 4. The Bertz CT molecular complexity index is 763. The van der Waals surface area contributed by atoms with Gasteiger partial charge in [0, 0.05) is 16.2 Å². The van der Waals surface area contributed by atoms with Gasteiger partial charge in [-0.1, -0.05) is 28.1 Å². The second kappa shape index (κ2) is 5.54. The van der Waals surface area contributed by atoms with E-state index in [1.165, 1.54) is 0 Å². The third kappa shape index (κ3) is 2.38. The number of carbonyl (C=O) groups excluding carboxylic acids is 1. The molecule has 0 unspecified atom stereocenters. The monoisotopic (exact) mass is 374 g/mol. The minimum absolute atomic E-state index is 0.0883. The highest BCUT2D eigenvalue weighted by Crippen LogP contribution is 2.42. The van der Waals surface area contributed by atoms with Crippen molar-refractivity contribution in [3.8, 4) is 11.5 Å². The van der Waals surface area contributed by atoms with Crippen LogP contribution in [0.2, 0.25) is 0 Å². The van der Waals surface area contributed by atoms with E-state index >= 15 is 0 Å². The third-order valence-electron chi connectivity index (χ3n) is 4.16. The van der Waals surface area contributed by atoms with Gasteiger partial charge >= 0.3 is 0 Å². The van der Waals surface area contributed by atoms with Gasteiger partial charge in [-0.2, -0.15) is 0 Å². The number of amides is 1. The first-order valence-electron chi connectivity index (χ1n) is 7.39. The van der Waals surface area contributed by atoms with Crippen molar-refractivity contribution in [1.29, 1.82) is 0 Å². The molecule has 0 spiro atoms. The predicted molar refractivity (Wildman–Crippen MR) is 89.8 cm³/mol. The molecule has 1 saturated heterocycles. The van der Waals surface area contributed by atoms with Crippen LogP contribution in [0, 0.1) is 0 Å². The quantitative estimate of drug-likeness (QED) is 0.820. The van der Waals surface area contributed by atoms with E-state index in [4.69, 9.17) is 15.2 Å². The van der Waals surface area contributed by atoms with E-state index < -0.39 is 6.04 Å². The van der Waals surface area contributed by atoms with Crippen LogP contribution in [0.1, 0.15) is 11.6 Å². The van der Waals surface area contributed by atoms with Gasteiger partial charge in [0.15, 0.2) is 11.5 Å². The molecule has 6 heteroatoms. The van der Waals surface area contributed by atoms with E-state index in [0.717, 1.165) is 15.7 Å². The van der Waals surface area contributed by atoms with Gasteiger partial charge in [0.2, 0.25) is 5.91 Å². The Kier molecular flexibility index (Phi) is 3.50. The summed E-state index contributed by atoms with van der Waals surface area (Å²) in [6.45, 7) is 1.06. The number of rotatable bonds is 2. The highest BCUT2D eigenvalue weighted by molar-refractivity contribution is 9.10. The van der Waals surface area contributed by atoms with Crippen molar-refractivity contribution in [2.24, 2.45) is 5.73 Å². The Morgan fingerprint density at radius 1 is 1.04 bits per heavy atom. The van der Waals surface area contributed by atoms with E-state index in [1.807, 2.05) is 42.5 Å². The molecule has 2 heterocycles. The van der Waals surface area contributed by atoms with Crippen molar-refractivity contribution >= 4 is 27.5 Å². The van der Waals surface area contributed by atoms with Crippen molar-refractivity contribution in [2.45, 2.75) is 12.1 Å². The van der Waals surface area contributed by atoms with Crippen molar-refractivity contribution in [3.05, 3.63) is 52.5 Å². The van der Waals surface area contributed by atoms with E-state index in [9.17, 15) is 4.79 Å². The first-order chi connectivity index (χ1) is 11.1. The molecule has 118 valence electrons. The van der Waals surface area contributed by atoms with Crippen LogP contribution < -0.4 is 20.1 Å². The molecule has 1 amide bonds. The zero-order valence-electron chi connectivity index (χ0n) is 12.2.